The Bertz CT molecular complexity index is 859. The first-order valence-electron chi connectivity index (χ1n) is 8.18. The van der Waals surface area contributed by atoms with Crippen molar-refractivity contribution in [2.75, 3.05) is 10.6 Å². The first kappa shape index (κ1) is 16.7. The van der Waals surface area contributed by atoms with Gasteiger partial charge in [-0.05, 0) is 36.8 Å². The minimum Gasteiger partial charge on any atom is -0.376 e. The molecule has 6 nitrogen and oxygen atoms in total. The van der Waals surface area contributed by atoms with Crippen LogP contribution in [0.25, 0.3) is 0 Å². The molecule has 0 unspecified atom stereocenters. The van der Waals surface area contributed by atoms with Crippen LogP contribution in [0, 0.1) is 6.92 Å². The van der Waals surface area contributed by atoms with Crippen LogP contribution in [0.4, 0.5) is 11.4 Å². The van der Waals surface area contributed by atoms with E-state index in [0.717, 1.165) is 23.4 Å². The lowest BCUT2D eigenvalue weighted by molar-refractivity contribution is 0.102. The third-order valence-electron chi connectivity index (χ3n) is 3.79. The second-order valence-electron chi connectivity index (χ2n) is 5.66. The van der Waals surface area contributed by atoms with Gasteiger partial charge in [0.1, 0.15) is 0 Å². The van der Waals surface area contributed by atoms with Crippen LogP contribution < -0.4 is 10.6 Å². The zero-order chi connectivity index (χ0) is 17.6. The lowest BCUT2D eigenvalue weighted by atomic mass is 10.1. The van der Waals surface area contributed by atoms with Crippen molar-refractivity contribution in [1.29, 1.82) is 0 Å². The predicted molar refractivity (Wildman–Crippen MR) is 96.6 cm³/mol. The van der Waals surface area contributed by atoms with E-state index in [0.29, 0.717) is 23.8 Å². The molecule has 1 amide bonds. The molecule has 0 fully saturated rings. The summed E-state index contributed by atoms with van der Waals surface area (Å²) in [4.78, 5) is 16.5. The number of carbonyl (C=O) groups excluding carboxylic acids is 1. The summed E-state index contributed by atoms with van der Waals surface area (Å²) in [6.07, 6.45) is 0.740. The molecule has 2 aromatic carbocycles. The Morgan fingerprint density at radius 3 is 2.68 bits per heavy atom. The molecular formula is C19H20N4O2. The van der Waals surface area contributed by atoms with Gasteiger partial charge in [-0.15, -0.1) is 0 Å². The van der Waals surface area contributed by atoms with Crippen LogP contribution in [-0.2, 0) is 13.0 Å². The van der Waals surface area contributed by atoms with E-state index in [-0.39, 0.29) is 5.91 Å². The zero-order valence-corrected chi connectivity index (χ0v) is 14.2. The van der Waals surface area contributed by atoms with Crippen LogP contribution in [0.1, 0.15) is 34.6 Å². The maximum Gasteiger partial charge on any atom is 0.255 e. The van der Waals surface area contributed by atoms with E-state index in [1.807, 2.05) is 50.2 Å². The molecule has 128 valence electrons. The zero-order valence-electron chi connectivity index (χ0n) is 14.2. The van der Waals surface area contributed by atoms with Gasteiger partial charge in [0, 0.05) is 23.4 Å². The number of anilines is 2. The first-order chi connectivity index (χ1) is 12.2. The van der Waals surface area contributed by atoms with E-state index in [9.17, 15) is 4.79 Å². The van der Waals surface area contributed by atoms with Gasteiger partial charge >= 0.3 is 0 Å². The quantitative estimate of drug-likeness (QED) is 0.715. The van der Waals surface area contributed by atoms with Gasteiger partial charge in [0.05, 0.1) is 6.54 Å². The highest BCUT2D eigenvalue weighted by Crippen LogP contribution is 2.21. The monoisotopic (exact) mass is 336 g/mol. The third kappa shape index (κ3) is 4.23. The summed E-state index contributed by atoms with van der Waals surface area (Å²) in [5.41, 5.74) is 3.31. The van der Waals surface area contributed by atoms with Crippen LogP contribution in [0.15, 0.2) is 53.1 Å². The number of nitrogens with one attached hydrogen (secondary N) is 2. The summed E-state index contributed by atoms with van der Waals surface area (Å²) in [5, 5.41) is 10.1. The number of carbonyl (C=O) groups is 1. The fourth-order valence-corrected chi connectivity index (χ4v) is 2.36. The smallest absolute Gasteiger partial charge is 0.255 e. The van der Waals surface area contributed by atoms with Gasteiger partial charge < -0.3 is 15.2 Å². The molecule has 1 heterocycles. The highest BCUT2D eigenvalue weighted by atomic mass is 16.5. The SMILES string of the molecule is CCc1noc(CNc2cc(NC(=O)c3ccccc3)ccc2C)n1. The second-order valence-corrected chi connectivity index (χ2v) is 5.66. The van der Waals surface area contributed by atoms with Crippen molar-refractivity contribution in [3.63, 3.8) is 0 Å². The molecule has 25 heavy (non-hydrogen) atoms. The number of hydrogen-bond acceptors (Lipinski definition) is 5. The van der Waals surface area contributed by atoms with Crippen LogP contribution >= 0.6 is 0 Å². The highest BCUT2D eigenvalue weighted by Gasteiger charge is 2.08. The summed E-state index contributed by atoms with van der Waals surface area (Å²) in [7, 11) is 0. The molecule has 0 radical (unpaired) electrons. The van der Waals surface area contributed by atoms with Gasteiger partial charge in [-0.3, -0.25) is 4.79 Å². The number of aromatic nitrogens is 2. The molecule has 3 aromatic rings. The molecule has 6 heteroatoms. The Hall–Kier alpha value is -3.15. The number of aryl methyl sites for hydroxylation is 2. The van der Waals surface area contributed by atoms with Crippen LogP contribution in [-0.4, -0.2) is 16.0 Å². The van der Waals surface area contributed by atoms with Crippen molar-refractivity contribution in [2.24, 2.45) is 0 Å². The summed E-state index contributed by atoms with van der Waals surface area (Å²) in [6, 6.07) is 14.8. The summed E-state index contributed by atoms with van der Waals surface area (Å²) < 4.78 is 5.18. The van der Waals surface area contributed by atoms with Crippen LogP contribution in [0.5, 0.6) is 0 Å². The number of hydrogen-bond donors (Lipinski definition) is 2. The number of nitrogens with zero attached hydrogens (tertiary/aromatic N) is 2. The minimum absolute atomic E-state index is 0.139. The van der Waals surface area contributed by atoms with E-state index in [4.69, 9.17) is 4.52 Å². The molecule has 0 saturated heterocycles. The normalized spacial score (nSPS) is 10.5. The van der Waals surface area contributed by atoms with E-state index in [1.54, 1.807) is 12.1 Å². The summed E-state index contributed by atoms with van der Waals surface area (Å²) in [5.74, 6) is 1.09. The molecule has 0 aliphatic carbocycles. The van der Waals surface area contributed by atoms with E-state index >= 15 is 0 Å². The largest absolute Gasteiger partial charge is 0.376 e. The average molecular weight is 336 g/mol. The van der Waals surface area contributed by atoms with Crippen molar-refractivity contribution < 1.29 is 9.32 Å². The van der Waals surface area contributed by atoms with Crippen molar-refractivity contribution in [3.8, 4) is 0 Å². The molecule has 0 atom stereocenters. The Kier molecular flexibility index (Phi) is 5.09. The lowest BCUT2D eigenvalue weighted by Crippen LogP contribution is -2.12. The van der Waals surface area contributed by atoms with Crippen molar-refractivity contribution in [1.82, 2.24) is 10.1 Å². The van der Waals surface area contributed by atoms with Gasteiger partial charge in [-0.2, -0.15) is 4.98 Å². The molecule has 0 spiro atoms. The summed E-state index contributed by atoms with van der Waals surface area (Å²) >= 11 is 0. The average Bonchev–Trinajstić information content (AvgIpc) is 3.11. The van der Waals surface area contributed by atoms with Gasteiger partial charge in [0.25, 0.3) is 5.91 Å². The first-order valence-corrected chi connectivity index (χ1v) is 8.18. The molecule has 0 bridgehead atoms. The molecule has 0 saturated carbocycles. The Morgan fingerprint density at radius 1 is 1.16 bits per heavy atom. The van der Waals surface area contributed by atoms with Crippen LogP contribution in [0.2, 0.25) is 0 Å². The fourth-order valence-electron chi connectivity index (χ4n) is 2.36. The molecule has 2 N–H and O–H groups in total. The lowest BCUT2D eigenvalue weighted by Gasteiger charge is -2.11. The highest BCUT2D eigenvalue weighted by molar-refractivity contribution is 6.04. The minimum atomic E-state index is -0.139. The fraction of sp³-hybridized carbons (Fsp3) is 0.211. The van der Waals surface area contributed by atoms with Crippen molar-refractivity contribution in [2.45, 2.75) is 26.8 Å². The van der Waals surface area contributed by atoms with Gasteiger partial charge in [0.2, 0.25) is 5.89 Å². The number of rotatable bonds is 6. The van der Waals surface area contributed by atoms with Crippen LogP contribution in [0.3, 0.4) is 0 Å². The molecule has 0 aliphatic heterocycles. The van der Waals surface area contributed by atoms with E-state index in [2.05, 4.69) is 20.8 Å². The third-order valence-corrected chi connectivity index (χ3v) is 3.79. The van der Waals surface area contributed by atoms with E-state index in [1.165, 1.54) is 0 Å². The van der Waals surface area contributed by atoms with Gasteiger partial charge in [-0.1, -0.05) is 36.3 Å². The molecule has 3 rings (SSSR count). The summed E-state index contributed by atoms with van der Waals surface area (Å²) in [6.45, 7) is 4.41. The number of benzene rings is 2. The Balaban J connectivity index is 1.68. The maximum atomic E-state index is 12.3. The number of amides is 1. The Labute approximate surface area is 146 Å². The molecule has 1 aromatic heterocycles. The predicted octanol–water partition coefficient (Wildman–Crippen LogP) is 3.80. The van der Waals surface area contributed by atoms with Crippen molar-refractivity contribution in [3.05, 3.63) is 71.4 Å². The van der Waals surface area contributed by atoms with Gasteiger partial charge in [0.15, 0.2) is 5.82 Å². The van der Waals surface area contributed by atoms with Crippen molar-refractivity contribution >= 4 is 17.3 Å². The van der Waals surface area contributed by atoms with Gasteiger partial charge in [-0.25, -0.2) is 0 Å². The molecular weight excluding hydrogens is 316 g/mol. The maximum absolute atomic E-state index is 12.3. The second kappa shape index (κ2) is 7.61. The Morgan fingerprint density at radius 2 is 1.96 bits per heavy atom. The standard InChI is InChI=1S/C19H20N4O2/c1-3-17-22-18(25-23-17)12-20-16-11-15(10-9-13(16)2)21-19(24)14-7-5-4-6-8-14/h4-11,20H,3,12H2,1-2H3,(H,21,24). The topological polar surface area (TPSA) is 80.0 Å². The molecule has 0 aliphatic rings. The van der Waals surface area contributed by atoms with E-state index < -0.39 is 0 Å².